The van der Waals surface area contributed by atoms with Crippen LogP contribution in [0.3, 0.4) is 0 Å². The SMILES string of the molecule is CC1(C)c2ccccc2-c2ccc(-c3cc(-c4ccc(B5OC(C)(C)C(C)(C)O5)cc4)nc(-c4ccccc4)n3)cc21. The number of hydrogen-bond acceptors (Lipinski definition) is 4. The molecule has 7 rings (SSSR count). The Kier molecular flexibility index (Phi) is 6.06. The van der Waals surface area contributed by atoms with Gasteiger partial charge in [-0.3, -0.25) is 0 Å². The zero-order chi connectivity index (χ0) is 29.3. The summed E-state index contributed by atoms with van der Waals surface area (Å²) < 4.78 is 12.6. The van der Waals surface area contributed by atoms with Gasteiger partial charge in [0.2, 0.25) is 0 Å². The third kappa shape index (κ3) is 4.31. The summed E-state index contributed by atoms with van der Waals surface area (Å²) in [7, 11) is -0.399. The first-order valence-electron chi connectivity index (χ1n) is 14.7. The Hall–Kier alpha value is -4.06. The lowest BCUT2D eigenvalue weighted by atomic mass is 9.78. The summed E-state index contributed by atoms with van der Waals surface area (Å²) in [6.07, 6.45) is 0. The van der Waals surface area contributed by atoms with Crippen LogP contribution in [0.25, 0.3) is 45.0 Å². The molecule has 4 aromatic carbocycles. The molecule has 1 fully saturated rings. The molecule has 5 heteroatoms. The molecule has 0 atom stereocenters. The van der Waals surface area contributed by atoms with E-state index in [2.05, 4.69) is 126 Å². The van der Waals surface area contributed by atoms with E-state index in [1.165, 1.54) is 22.3 Å². The molecule has 0 saturated carbocycles. The van der Waals surface area contributed by atoms with E-state index in [4.69, 9.17) is 19.3 Å². The van der Waals surface area contributed by atoms with E-state index >= 15 is 0 Å². The number of aromatic nitrogens is 2. The molecule has 0 N–H and O–H groups in total. The molecule has 2 aliphatic rings. The second-order valence-corrected chi connectivity index (χ2v) is 13.0. The topological polar surface area (TPSA) is 44.2 Å². The van der Waals surface area contributed by atoms with E-state index in [1.807, 2.05) is 18.2 Å². The van der Waals surface area contributed by atoms with Crippen molar-refractivity contribution in [3.63, 3.8) is 0 Å². The average Bonchev–Trinajstić information content (AvgIpc) is 3.37. The average molecular weight is 551 g/mol. The third-order valence-electron chi connectivity index (χ3n) is 9.37. The first-order chi connectivity index (χ1) is 20.0. The molecule has 0 amide bonds. The minimum atomic E-state index is -0.399. The number of fused-ring (bicyclic) bond motifs is 3. The zero-order valence-corrected chi connectivity index (χ0v) is 25.1. The molecule has 1 saturated heterocycles. The Balaban J connectivity index is 1.30. The number of benzene rings is 4. The van der Waals surface area contributed by atoms with Crippen molar-refractivity contribution in [1.82, 2.24) is 9.97 Å². The fraction of sp³-hybridized carbons (Fsp3) is 0.243. The van der Waals surface area contributed by atoms with Crippen molar-refractivity contribution in [1.29, 1.82) is 0 Å². The Morgan fingerprint density at radius 3 is 1.79 bits per heavy atom. The van der Waals surface area contributed by atoms with E-state index in [0.29, 0.717) is 5.82 Å². The molecule has 0 radical (unpaired) electrons. The van der Waals surface area contributed by atoms with Gasteiger partial charge in [-0.1, -0.05) is 105 Å². The van der Waals surface area contributed by atoms with E-state index in [0.717, 1.165) is 33.5 Å². The van der Waals surface area contributed by atoms with Crippen LogP contribution in [0.15, 0.2) is 103 Å². The number of hydrogen-bond donors (Lipinski definition) is 0. The first kappa shape index (κ1) is 26.8. The van der Waals surface area contributed by atoms with Crippen molar-refractivity contribution in [2.45, 2.75) is 58.2 Å². The highest BCUT2D eigenvalue weighted by atomic mass is 16.7. The molecular formula is C37H35BN2O2. The van der Waals surface area contributed by atoms with Gasteiger partial charge >= 0.3 is 7.12 Å². The Morgan fingerprint density at radius 1 is 0.524 bits per heavy atom. The van der Waals surface area contributed by atoms with Gasteiger partial charge in [0.15, 0.2) is 5.82 Å². The maximum Gasteiger partial charge on any atom is 0.494 e. The predicted octanol–water partition coefficient (Wildman–Crippen LogP) is 8.08. The number of rotatable bonds is 4. The third-order valence-corrected chi connectivity index (χ3v) is 9.37. The summed E-state index contributed by atoms with van der Waals surface area (Å²) in [5.41, 5.74) is 10.3. The van der Waals surface area contributed by atoms with Crippen LogP contribution < -0.4 is 5.46 Å². The summed E-state index contributed by atoms with van der Waals surface area (Å²) in [6.45, 7) is 12.9. The largest absolute Gasteiger partial charge is 0.494 e. The molecule has 0 spiro atoms. The fourth-order valence-electron chi connectivity index (χ4n) is 6.11. The lowest BCUT2D eigenvalue weighted by Gasteiger charge is -2.32. The molecule has 208 valence electrons. The molecule has 0 unspecified atom stereocenters. The minimum absolute atomic E-state index is 0.0800. The minimum Gasteiger partial charge on any atom is -0.399 e. The molecule has 0 bridgehead atoms. The summed E-state index contributed by atoms with van der Waals surface area (Å²) in [6, 6.07) is 36.2. The molecule has 5 aromatic rings. The molecule has 1 aliphatic carbocycles. The lowest BCUT2D eigenvalue weighted by Crippen LogP contribution is -2.41. The van der Waals surface area contributed by atoms with Crippen molar-refractivity contribution in [3.05, 3.63) is 114 Å². The van der Waals surface area contributed by atoms with Gasteiger partial charge in [0, 0.05) is 22.1 Å². The van der Waals surface area contributed by atoms with E-state index < -0.39 is 7.12 Å². The quantitative estimate of drug-likeness (QED) is 0.212. The van der Waals surface area contributed by atoms with Crippen LogP contribution in [0, 0.1) is 0 Å². The van der Waals surface area contributed by atoms with Gasteiger partial charge in [0.25, 0.3) is 0 Å². The van der Waals surface area contributed by atoms with Crippen LogP contribution in [0.4, 0.5) is 0 Å². The lowest BCUT2D eigenvalue weighted by molar-refractivity contribution is 0.00578. The summed E-state index contributed by atoms with van der Waals surface area (Å²) in [5, 5.41) is 0. The number of nitrogens with zero attached hydrogens (tertiary/aromatic N) is 2. The Labute approximate surface area is 248 Å². The molecule has 1 aliphatic heterocycles. The maximum absolute atomic E-state index is 6.28. The smallest absolute Gasteiger partial charge is 0.399 e. The van der Waals surface area contributed by atoms with Crippen molar-refractivity contribution in [2.24, 2.45) is 0 Å². The summed E-state index contributed by atoms with van der Waals surface area (Å²) in [4.78, 5) is 10.1. The second kappa shape index (κ2) is 9.48. The fourth-order valence-corrected chi connectivity index (χ4v) is 6.11. The van der Waals surface area contributed by atoms with Crippen LogP contribution in [-0.2, 0) is 14.7 Å². The van der Waals surface area contributed by atoms with Gasteiger partial charge in [-0.15, -0.1) is 0 Å². The van der Waals surface area contributed by atoms with Crippen LogP contribution >= 0.6 is 0 Å². The Bertz CT molecular complexity index is 1790. The highest BCUT2D eigenvalue weighted by Gasteiger charge is 2.51. The molecule has 1 aromatic heterocycles. The standard InChI is InChI=1S/C37H35BN2O2/c1-35(2)30-15-11-10-14-28(30)29-21-18-26(22-31(29)35)33-23-32(39-34(40-33)25-12-8-7-9-13-25)24-16-19-27(20-17-24)38-41-36(3,4)37(5,6)42-38/h7-23H,1-6H3. The van der Waals surface area contributed by atoms with Crippen LogP contribution in [-0.4, -0.2) is 28.3 Å². The van der Waals surface area contributed by atoms with Crippen LogP contribution in [0.5, 0.6) is 0 Å². The van der Waals surface area contributed by atoms with E-state index in [1.54, 1.807) is 0 Å². The van der Waals surface area contributed by atoms with Gasteiger partial charge < -0.3 is 9.31 Å². The highest BCUT2D eigenvalue weighted by Crippen LogP contribution is 2.49. The summed E-state index contributed by atoms with van der Waals surface area (Å²) >= 11 is 0. The van der Waals surface area contributed by atoms with Crippen LogP contribution in [0.1, 0.15) is 52.7 Å². The van der Waals surface area contributed by atoms with Gasteiger partial charge in [-0.2, -0.15) is 0 Å². The van der Waals surface area contributed by atoms with Gasteiger partial charge in [0.1, 0.15) is 0 Å². The highest BCUT2D eigenvalue weighted by molar-refractivity contribution is 6.62. The maximum atomic E-state index is 6.28. The van der Waals surface area contributed by atoms with Crippen molar-refractivity contribution in [3.8, 4) is 45.0 Å². The molecule has 2 heterocycles. The molecule has 42 heavy (non-hydrogen) atoms. The monoisotopic (exact) mass is 550 g/mol. The first-order valence-corrected chi connectivity index (χ1v) is 14.7. The van der Waals surface area contributed by atoms with Gasteiger partial charge in [-0.05, 0) is 67.5 Å². The second-order valence-electron chi connectivity index (χ2n) is 13.0. The normalized spacial score (nSPS) is 17.6. The molecular weight excluding hydrogens is 515 g/mol. The van der Waals surface area contributed by atoms with Crippen molar-refractivity contribution in [2.75, 3.05) is 0 Å². The van der Waals surface area contributed by atoms with Gasteiger partial charge in [-0.25, -0.2) is 9.97 Å². The van der Waals surface area contributed by atoms with E-state index in [9.17, 15) is 0 Å². The molecule has 4 nitrogen and oxygen atoms in total. The predicted molar refractivity (Wildman–Crippen MR) is 172 cm³/mol. The van der Waals surface area contributed by atoms with Crippen LogP contribution in [0.2, 0.25) is 0 Å². The zero-order valence-electron chi connectivity index (χ0n) is 25.1. The van der Waals surface area contributed by atoms with E-state index in [-0.39, 0.29) is 16.6 Å². The van der Waals surface area contributed by atoms with Crippen molar-refractivity contribution < 1.29 is 9.31 Å². The van der Waals surface area contributed by atoms with Gasteiger partial charge in [0.05, 0.1) is 22.6 Å². The van der Waals surface area contributed by atoms with Crippen molar-refractivity contribution >= 4 is 12.6 Å². The summed E-state index contributed by atoms with van der Waals surface area (Å²) in [5.74, 6) is 0.709. The Morgan fingerprint density at radius 2 is 1.10 bits per heavy atom.